The quantitative estimate of drug-likeness (QED) is 0.656. The van der Waals surface area contributed by atoms with Crippen LogP contribution in [0.5, 0.6) is 0 Å². The predicted octanol–water partition coefficient (Wildman–Crippen LogP) is 3.50. The Morgan fingerprint density at radius 1 is 1.20 bits per heavy atom. The van der Waals surface area contributed by atoms with Crippen molar-refractivity contribution in [1.29, 1.82) is 0 Å². The highest BCUT2D eigenvalue weighted by Crippen LogP contribution is 2.25. The van der Waals surface area contributed by atoms with Crippen LogP contribution in [0.2, 0.25) is 10.0 Å². The number of nitrogens with zero attached hydrogens (tertiary/aromatic N) is 2. The fourth-order valence-electron chi connectivity index (χ4n) is 2.60. The van der Waals surface area contributed by atoms with Crippen LogP contribution >= 0.6 is 23.2 Å². The maximum absolute atomic E-state index is 12.2. The molecule has 25 heavy (non-hydrogen) atoms. The van der Waals surface area contributed by atoms with Gasteiger partial charge in [0.05, 0.1) is 17.2 Å². The molecule has 0 radical (unpaired) electrons. The largest absolute Gasteiger partial charge is 0.312 e. The van der Waals surface area contributed by atoms with E-state index in [9.17, 15) is 9.59 Å². The molecular formula is C18H15Cl2N3O2. The van der Waals surface area contributed by atoms with Gasteiger partial charge in [-0.2, -0.15) is 5.10 Å². The average Bonchev–Trinajstić information content (AvgIpc) is 2.99. The number of carbonyl (C=O) groups excluding carboxylic acids is 2. The molecule has 1 fully saturated rings. The highest BCUT2D eigenvalue weighted by Gasteiger charge is 2.34. The fourth-order valence-corrected chi connectivity index (χ4v) is 3.06. The molecule has 1 aliphatic rings. The number of hydrazone groups is 1. The molecule has 2 aromatic rings. The number of amides is 2. The van der Waals surface area contributed by atoms with Gasteiger partial charge in [-0.15, -0.1) is 0 Å². The third kappa shape index (κ3) is 4.18. The minimum absolute atomic E-state index is 0.0731. The highest BCUT2D eigenvalue weighted by atomic mass is 35.5. The van der Waals surface area contributed by atoms with Crippen molar-refractivity contribution in [2.24, 2.45) is 11.0 Å². The molecule has 1 heterocycles. The lowest BCUT2D eigenvalue weighted by Gasteiger charge is -2.16. The molecule has 1 N–H and O–H groups in total. The molecule has 2 amide bonds. The normalized spacial score (nSPS) is 17.3. The van der Waals surface area contributed by atoms with Gasteiger partial charge in [0.25, 0.3) is 0 Å². The number of benzene rings is 2. The molecule has 1 saturated heterocycles. The molecule has 7 heteroatoms. The Labute approximate surface area is 155 Å². The van der Waals surface area contributed by atoms with Gasteiger partial charge < -0.3 is 4.90 Å². The summed E-state index contributed by atoms with van der Waals surface area (Å²) in [4.78, 5) is 26.0. The van der Waals surface area contributed by atoms with Crippen molar-refractivity contribution in [2.45, 2.75) is 6.42 Å². The maximum Gasteiger partial charge on any atom is 0.245 e. The van der Waals surface area contributed by atoms with Crippen molar-refractivity contribution in [3.63, 3.8) is 0 Å². The van der Waals surface area contributed by atoms with Crippen molar-refractivity contribution in [3.8, 4) is 0 Å². The Morgan fingerprint density at radius 2 is 1.96 bits per heavy atom. The molecule has 3 rings (SSSR count). The van der Waals surface area contributed by atoms with Gasteiger partial charge in [0.1, 0.15) is 0 Å². The fraction of sp³-hybridized carbons (Fsp3) is 0.167. The Balaban J connectivity index is 1.60. The molecule has 0 aromatic heterocycles. The topological polar surface area (TPSA) is 61.8 Å². The summed E-state index contributed by atoms with van der Waals surface area (Å²) < 4.78 is 0. The standard InChI is InChI=1S/C18H15Cl2N3O2/c19-14-7-6-12(16(20)9-14)10-21-22-18(25)13-8-17(24)23(11-13)15-4-2-1-3-5-15/h1-7,9-10,13H,8,11H2,(H,22,25)/b21-10-/t13-/m0/s1. The van der Waals surface area contributed by atoms with Crippen LogP contribution in [0.15, 0.2) is 53.6 Å². The maximum atomic E-state index is 12.2. The van der Waals surface area contributed by atoms with Gasteiger partial charge in [0.15, 0.2) is 0 Å². The first kappa shape index (κ1) is 17.5. The van der Waals surface area contributed by atoms with Crippen LogP contribution in [0.4, 0.5) is 5.69 Å². The minimum Gasteiger partial charge on any atom is -0.312 e. The first-order valence-corrected chi connectivity index (χ1v) is 8.43. The number of hydrogen-bond donors (Lipinski definition) is 1. The second kappa shape index (κ2) is 7.68. The smallest absolute Gasteiger partial charge is 0.245 e. The van der Waals surface area contributed by atoms with E-state index >= 15 is 0 Å². The molecule has 5 nitrogen and oxygen atoms in total. The van der Waals surface area contributed by atoms with Crippen LogP contribution in [0.25, 0.3) is 0 Å². The number of rotatable bonds is 4. The van der Waals surface area contributed by atoms with E-state index < -0.39 is 5.92 Å². The summed E-state index contributed by atoms with van der Waals surface area (Å²) in [7, 11) is 0. The summed E-state index contributed by atoms with van der Waals surface area (Å²) >= 11 is 11.9. The lowest BCUT2D eigenvalue weighted by Crippen LogP contribution is -2.30. The van der Waals surface area contributed by atoms with Gasteiger partial charge in [-0.25, -0.2) is 5.43 Å². The number of carbonyl (C=O) groups is 2. The molecule has 1 atom stereocenters. The molecule has 0 aliphatic carbocycles. The summed E-state index contributed by atoms with van der Waals surface area (Å²) in [5.41, 5.74) is 3.90. The van der Waals surface area contributed by atoms with Gasteiger partial charge in [-0.3, -0.25) is 9.59 Å². The van der Waals surface area contributed by atoms with Crippen molar-refractivity contribution in [1.82, 2.24) is 5.43 Å². The van der Waals surface area contributed by atoms with E-state index in [1.807, 2.05) is 30.3 Å². The highest BCUT2D eigenvalue weighted by molar-refractivity contribution is 6.36. The van der Waals surface area contributed by atoms with Crippen molar-refractivity contribution in [3.05, 3.63) is 64.1 Å². The Kier molecular flexibility index (Phi) is 5.36. The van der Waals surface area contributed by atoms with E-state index in [1.165, 1.54) is 6.21 Å². The van der Waals surface area contributed by atoms with Crippen LogP contribution in [0.3, 0.4) is 0 Å². The second-order valence-corrected chi connectivity index (χ2v) is 6.48. The van der Waals surface area contributed by atoms with E-state index in [1.54, 1.807) is 23.1 Å². The SMILES string of the molecule is O=C(N/N=C\c1ccc(Cl)cc1Cl)[C@H]1CC(=O)N(c2ccccc2)C1. The molecule has 1 aliphatic heterocycles. The lowest BCUT2D eigenvalue weighted by molar-refractivity contribution is -0.126. The Bertz CT molecular complexity index is 824. The van der Waals surface area contributed by atoms with Gasteiger partial charge >= 0.3 is 0 Å². The molecule has 128 valence electrons. The molecular weight excluding hydrogens is 361 g/mol. The number of halogens is 2. The van der Waals surface area contributed by atoms with Crippen LogP contribution in [-0.2, 0) is 9.59 Å². The molecule has 0 unspecified atom stereocenters. The van der Waals surface area contributed by atoms with E-state index in [-0.39, 0.29) is 18.2 Å². The first-order chi connectivity index (χ1) is 12.0. The van der Waals surface area contributed by atoms with Crippen LogP contribution in [-0.4, -0.2) is 24.6 Å². The molecule has 0 saturated carbocycles. The van der Waals surface area contributed by atoms with E-state index in [2.05, 4.69) is 10.5 Å². The third-order valence-electron chi connectivity index (χ3n) is 3.90. The monoisotopic (exact) mass is 375 g/mol. The average molecular weight is 376 g/mol. The van der Waals surface area contributed by atoms with E-state index in [4.69, 9.17) is 23.2 Å². The molecule has 2 aromatic carbocycles. The van der Waals surface area contributed by atoms with Gasteiger partial charge in [-0.05, 0) is 24.3 Å². The van der Waals surface area contributed by atoms with E-state index in [0.717, 1.165) is 5.69 Å². The first-order valence-electron chi connectivity index (χ1n) is 7.68. The summed E-state index contributed by atoms with van der Waals surface area (Å²) in [6, 6.07) is 14.3. The summed E-state index contributed by atoms with van der Waals surface area (Å²) in [6.07, 6.45) is 1.61. The number of hydrogen-bond acceptors (Lipinski definition) is 3. The number of nitrogens with one attached hydrogen (secondary N) is 1. The Morgan fingerprint density at radius 3 is 2.68 bits per heavy atom. The Hall–Kier alpha value is -2.37. The van der Waals surface area contributed by atoms with E-state index in [0.29, 0.717) is 22.2 Å². The predicted molar refractivity (Wildman–Crippen MR) is 99.1 cm³/mol. The zero-order valence-corrected chi connectivity index (χ0v) is 14.7. The zero-order chi connectivity index (χ0) is 17.8. The van der Waals surface area contributed by atoms with Crippen LogP contribution in [0.1, 0.15) is 12.0 Å². The van der Waals surface area contributed by atoms with Gasteiger partial charge in [0.2, 0.25) is 11.8 Å². The minimum atomic E-state index is -0.439. The summed E-state index contributed by atoms with van der Waals surface area (Å²) in [5, 5.41) is 4.88. The lowest BCUT2D eigenvalue weighted by atomic mass is 10.1. The molecule has 0 spiro atoms. The number of para-hydroxylation sites is 1. The second-order valence-electron chi connectivity index (χ2n) is 5.64. The summed E-state index contributed by atoms with van der Waals surface area (Å²) in [5.74, 6) is -0.810. The van der Waals surface area contributed by atoms with Crippen molar-refractivity contribution in [2.75, 3.05) is 11.4 Å². The van der Waals surface area contributed by atoms with Crippen molar-refractivity contribution >= 4 is 46.9 Å². The van der Waals surface area contributed by atoms with Gasteiger partial charge in [0, 0.05) is 29.2 Å². The van der Waals surface area contributed by atoms with Gasteiger partial charge in [-0.1, -0.05) is 47.5 Å². The van der Waals surface area contributed by atoms with Crippen LogP contribution in [0, 0.1) is 5.92 Å². The third-order valence-corrected chi connectivity index (χ3v) is 4.47. The zero-order valence-electron chi connectivity index (χ0n) is 13.2. The molecule has 0 bridgehead atoms. The summed E-state index contributed by atoms with van der Waals surface area (Å²) in [6.45, 7) is 0.339. The van der Waals surface area contributed by atoms with Crippen molar-refractivity contribution < 1.29 is 9.59 Å². The number of anilines is 1. The van der Waals surface area contributed by atoms with Crippen LogP contribution < -0.4 is 10.3 Å².